The fraction of sp³-hybridized carbons (Fsp3) is 1.00. The Labute approximate surface area is 104 Å². The van der Waals surface area contributed by atoms with E-state index in [1.54, 1.807) is 0 Å². The zero-order valence-corrected chi connectivity index (χ0v) is 5.86. The first-order chi connectivity index (χ1) is 2.91. The van der Waals surface area contributed by atoms with Gasteiger partial charge in [-0.1, -0.05) is 35.4 Å². The van der Waals surface area contributed by atoms with Gasteiger partial charge in [0.2, 0.25) is 0 Å². The van der Waals surface area contributed by atoms with Crippen LogP contribution >= 0.6 is 21.6 Å². The minimum atomic E-state index is 0. The third-order valence-corrected chi connectivity index (χ3v) is 2.87. The third-order valence-electron chi connectivity index (χ3n) is 0.319. The van der Waals surface area contributed by atoms with Crippen molar-refractivity contribution in [3.63, 3.8) is 0 Å². The molecule has 0 radical (unpaired) electrons. The molecule has 0 aromatic rings. The molecule has 0 unspecified atom stereocenters. The first-order valence-electron chi connectivity index (χ1n) is 2.16. The number of rotatable bonds is 3. The molecule has 0 heterocycles. The van der Waals surface area contributed by atoms with Crippen molar-refractivity contribution in [2.75, 3.05) is 11.5 Å². The van der Waals surface area contributed by atoms with Gasteiger partial charge in [0.25, 0.3) is 0 Å². The molecule has 0 saturated carbocycles. The van der Waals surface area contributed by atoms with Crippen molar-refractivity contribution in [2.45, 2.75) is 13.8 Å². The molecule has 0 atom stereocenters. The van der Waals surface area contributed by atoms with E-state index in [9.17, 15) is 0 Å². The van der Waals surface area contributed by atoms with Crippen LogP contribution in [0.4, 0.5) is 0 Å². The summed E-state index contributed by atoms with van der Waals surface area (Å²) >= 11 is 0. The molecule has 0 aromatic carbocycles. The fourth-order valence-electron chi connectivity index (χ4n) is 0.167. The monoisotopic (exact) mass is 170 g/mol. The van der Waals surface area contributed by atoms with Gasteiger partial charge in [0, 0.05) is 11.5 Å². The normalized spacial score (nSPS) is 6.75. The van der Waals surface area contributed by atoms with E-state index in [2.05, 4.69) is 13.8 Å². The predicted molar refractivity (Wildman–Crippen MR) is 50.6 cm³/mol. The van der Waals surface area contributed by atoms with E-state index in [-0.39, 0.29) is 59.1 Å². The molecule has 0 aliphatic carbocycles. The van der Waals surface area contributed by atoms with Crippen LogP contribution in [0.15, 0.2) is 0 Å². The average Bonchev–Trinajstić information content (AvgIpc) is 1.61. The van der Waals surface area contributed by atoms with Crippen LogP contribution < -0.4 is 0 Å². The topological polar surface area (TPSA) is 0 Å². The summed E-state index contributed by atoms with van der Waals surface area (Å²) in [7, 11) is 3.85. The van der Waals surface area contributed by atoms with Crippen molar-refractivity contribution < 1.29 is 0 Å². The summed E-state index contributed by atoms with van der Waals surface area (Å²) in [5, 5.41) is 0. The minimum absolute atomic E-state index is 0. The quantitative estimate of drug-likeness (QED) is 0.353. The van der Waals surface area contributed by atoms with Crippen LogP contribution in [0.2, 0.25) is 0 Å². The zero-order valence-electron chi connectivity index (χ0n) is 4.23. The Morgan fingerprint density at radius 2 is 1.12 bits per heavy atom. The van der Waals surface area contributed by atoms with Gasteiger partial charge < -0.3 is 0 Å². The van der Waals surface area contributed by atoms with Crippen LogP contribution in [0.25, 0.3) is 0 Å². The zero-order chi connectivity index (χ0) is 4.83. The second-order valence-electron chi connectivity index (χ2n) is 0.813. The van der Waals surface area contributed by atoms with Crippen LogP contribution in [-0.2, 0) is 0 Å². The molecular weight excluding hydrogens is 158 g/mol. The van der Waals surface area contributed by atoms with Crippen molar-refractivity contribution in [2.24, 2.45) is 0 Å². The van der Waals surface area contributed by atoms with Gasteiger partial charge in [-0.25, -0.2) is 0 Å². The first kappa shape index (κ1) is 17.0. The Kier molecular flexibility index (Phi) is 34.7. The van der Waals surface area contributed by atoms with Crippen molar-refractivity contribution in [3.8, 4) is 0 Å². The third kappa shape index (κ3) is 15.9. The molecule has 0 aromatic heterocycles. The Hall–Kier alpha value is 2.70. The molecule has 0 nitrogen and oxygen atoms in total. The predicted octanol–water partition coefficient (Wildman–Crippen LogP) is 1.11. The van der Waals surface area contributed by atoms with E-state index in [0.29, 0.717) is 0 Å². The van der Waals surface area contributed by atoms with Gasteiger partial charge in [-0.05, 0) is 0 Å². The van der Waals surface area contributed by atoms with Gasteiger partial charge in [-0.3, -0.25) is 0 Å². The van der Waals surface area contributed by atoms with Gasteiger partial charge in [0.05, 0.1) is 0 Å². The Morgan fingerprint density at radius 3 is 1.25 bits per heavy atom. The van der Waals surface area contributed by atoms with Gasteiger partial charge in [-0.15, -0.1) is 0 Å². The summed E-state index contributed by atoms with van der Waals surface area (Å²) in [6.07, 6.45) is 0. The van der Waals surface area contributed by atoms with Crippen LogP contribution in [0.1, 0.15) is 13.8 Å². The van der Waals surface area contributed by atoms with Crippen molar-refractivity contribution in [1.82, 2.24) is 0 Å². The van der Waals surface area contributed by atoms with Crippen LogP contribution in [-0.4, -0.2) is 70.6 Å². The molecule has 0 aliphatic heterocycles. The average molecular weight is 170 g/mol. The molecule has 0 aliphatic rings. The van der Waals surface area contributed by atoms with Gasteiger partial charge in [0.15, 0.2) is 0 Å². The molecule has 0 amide bonds. The number of hydrogen-bond acceptors (Lipinski definition) is 2. The second kappa shape index (κ2) is 16.4. The van der Waals surface area contributed by atoms with Gasteiger partial charge in [-0.2, -0.15) is 0 Å². The molecule has 0 fully saturated rings. The molecule has 0 N–H and O–H groups in total. The van der Waals surface area contributed by atoms with E-state index in [4.69, 9.17) is 0 Å². The molecule has 0 saturated heterocycles. The van der Waals surface area contributed by atoms with Crippen LogP contribution in [0.5, 0.6) is 0 Å². The Bertz CT molecular complexity index is 24.0. The summed E-state index contributed by atoms with van der Waals surface area (Å²) in [6.45, 7) is 4.35. The summed E-state index contributed by atoms with van der Waals surface area (Å²) in [4.78, 5) is 0. The maximum atomic E-state index is 2.17. The fourth-order valence-corrected chi connectivity index (χ4v) is 1.50. The number of hydrogen-bond donors (Lipinski definition) is 0. The SMILES string of the molecule is CCSSCC.[NaH].[NaH]. The van der Waals surface area contributed by atoms with Crippen molar-refractivity contribution >= 4 is 80.7 Å². The van der Waals surface area contributed by atoms with E-state index >= 15 is 0 Å². The molecule has 8 heavy (non-hydrogen) atoms. The van der Waals surface area contributed by atoms with E-state index in [1.165, 1.54) is 11.5 Å². The molecule has 0 spiro atoms. The van der Waals surface area contributed by atoms with Crippen molar-refractivity contribution in [1.29, 1.82) is 0 Å². The Balaban J connectivity index is -0.000000125. The van der Waals surface area contributed by atoms with Gasteiger partial charge >= 0.3 is 59.1 Å². The standard InChI is InChI=1S/C4H10S2.2Na.2H/c1-3-5-6-4-2;;;;/h3-4H2,1-2H3;;;;. The van der Waals surface area contributed by atoms with Crippen molar-refractivity contribution in [3.05, 3.63) is 0 Å². The van der Waals surface area contributed by atoms with Gasteiger partial charge in [0.1, 0.15) is 0 Å². The van der Waals surface area contributed by atoms with E-state index in [1.807, 2.05) is 21.6 Å². The van der Waals surface area contributed by atoms with E-state index in [0.717, 1.165) is 0 Å². The summed E-state index contributed by atoms with van der Waals surface area (Å²) in [5.41, 5.74) is 0. The molecular formula is C4H12Na2S2. The Morgan fingerprint density at radius 1 is 0.875 bits per heavy atom. The molecule has 42 valence electrons. The summed E-state index contributed by atoms with van der Waals surface area (Å²) < 4.78 is 0. The van der Waals surface area contributed by atoms with Crippen LogP contribution in [0.3, 0.4) is 0 Å². The first-order valence-corrected chi connectivity index (χ1v) is 4.65. The molecule has 4 heteroatoms. The van der Waals surface area contributed by atoms with Crippen LogP contribution in [0, 0.1) is 0 Å². The second-order valence-corrected chi connectivity index (χ2v) is 3.85. The molecule has 0 bridgehead atoms. The maximum absolute atomic E-state index is 2.17. The molecule has 0 rings (SSSR count). The summed E-state index contributed by atoms with van der Waals surface area (Å²) in [6, 6.07) is 0. The summed E-state index contributed by atoms with van der Waals surface area (Å²) in [5.74, 6) is 2.47. The van der Waals surface area contributed by atoms with E-state index < -0.39 is 0 Å².